The third kappa shape index (κ3) is 3.56. The van der Waals surface area contributed by atoms with Crippen LogP contribution >= 0.6 is 11.6 Å². The number of anilines is 1. The van der Waals surface area contributed by atoms with Crippen molar-refractivity contribution in [1.29, 1.82) is 0 Å². The first-order valence-electron chi connectivity index (χ1n) is 6.67. The summed E-state index contributed by atoms with van der Waals surface area (Å²) < 4.78 is 33.3. The van der Waals surface area contributed by atoms with Crippen LogP contribution in [0, 0.1) is 5.82 Å². The fourth-order valence-corrected chi connectivity index (χ4v) is 2.30. The molecule has 0 aromatic heterocycles. The van der Waals surface area contributed by atoms with Crippen LogP contribution in [0.3, 0.4) is 0 Å². The van der Waals surface area contributed by atoms with Crippen molar-refractivity contribution in [2.45, 2.75) is 13.8 Å². The van der Waals surface area contributed by atoms with Crippen molar-refractivity contribution in [3.8, 4) is 5.75 Å². The first-order chi connectivity index (χ1) is 10.8. The molecule has 0 unspecified atom stereocenters. The molecule has 5 nitrogen and oxygen atoms in total. The second-order valence-electron chi connectivity index (χ2n) is 4.75. The van der Waals surface area contributed by atoms with E-state index in [0.717, 1.165) is 13.0 Å². The van der Waals surface area contributed by atoms with Gasteiger partial charge < -0.3 is 9.64 Å². The van der Waals surface area contributed by atoms with Crippen LogP contribution in [0.5, 0.6) is 5.75 Å². The lowest BCUT2D eigenvalue weighted by Gasteiger charge is -2.29. The number of carbonyl (C=O) groups is 1. The molecule has 1 aliphatic rings. The number of nitrogens with zero attached hydrogens (tertiary/aromatic N) is 3. The van der Waals surface area contributed by atoms with Gasteiger partial charge in [0.25, 0.3) is 0 Å². The lowest BCUT2D eigenvalue weighted by molar-refractivity contribution is -0.116. The monoisotopic (exact) mass is 341 g/mol. The fraction of sp³-hybridized carbons (Fsp3) is 0.267. The van der Waals surface area contributed by atoms with Gasteiger partial charge in [0.15, 0.2) is 11.6 Å². The summed E-state index contributed by atoms with van der Waals surface area (Å²) in [6.07, 6.45) is 0. The molecule has 0 saturated heterocycles. The first kappa shape index (κ1) is 17.1. The van der Waals surface area contributed by atoms with Gasteiger partial charge >= 0.3 is 0 Å². The number of fused-ring (bicyclic) bond motifs is 1. The average molecular weight is 342 g/mol. The van der Waals surface area contributed by atoms with Crippen LogP contribution in [-0.2, 0) is 4.79 Å². The summed E-state index contributed by atoms with van der Waals surface area (Å²) in [5.41, 5.74) is 0.133. The molecular weight excluding hydrogens is 328 g/mol. The van der Waals surface area contributed by atoms with Gasteiger partial charge in [0, 0.05) is 12.5 Å². The molecule has 8 heteroatoms. The summed E-state index contributed by atoms with van der Waals surface area (Å²) in [5, 5.41) is -0.283. The van der Waals surface area contributed by atoms with E-state index in [-0.39, 0.29) is 47.1 Å². The van der Waals surface area contributed by atoms with Crippen LogP contribution in [0.25, 0.3) is 5.70 Å². The number of allylic oxidation sites excluding steroid dienone is 1. The molecule has 0 atom stereocenters. The topological polar surface area (TPSA) is 54.3 Å². The van der Waals surface area contributed by atoms with E-state index in [4.69, 9.17) is 16.3 Å². The van der Waals surface area contributed by atoms with Crippen molar-refractivity contribution in [1.82, 2.24) is 0 Å². The summed E-state index contributed by atoms with van der Waals surface area (Å²) in [6.45, 7) is 6.15. The van der Waals surface area contributed by atoms with E-state index in [1.165, 1.54) is 17.9 Å². The van der Waals surface area contributed by atoms with Crippen LogP contribution in [0.15, 0.2) is 27.9 Å². The van der Waals surface area contributed by atoms with Crippen LogP contribution in [0.4, 0.5) is 14.5 Å². The van der Waals surface area contributed by atoms with Gasteiger partial charge in [-0.25, -0.2) is 18.8 Å². The van der Waals surface area contributed by atoms with E-state index in [1.54, 1.807) is 0 Å². The highest BCUT2D eigenvalue weighted by atomic mass is 35.5. The third-order valence-electron chi connectivity index (χ3n) is 3.19. The Bertz CT molecular complexity index is 728. The van der Waals surface area contributed by atoms with Crippen molar-refractivity contribution >= 4 is 40.9 Å². The van der Waals surface area contributed by atoms with Crippen molar-refractivity contribution in [2.24, 2.45) is 9.98 Å². The predicted octanol–water partition coefficient (Wildman–Crippen LogP) is 3.52. The normalized spacial score (nSPS) is 15.5. The third-order valence-corrected chi connectivity index (χ3v) is 3.39. The van der Waals surface area contributed by atoms with E-state index in [1.807, 2.05) is 0 Å². The van der Waals surface area contributed by atoms with E-state index in [2.05, 4.69) is 16.7 Å². The van der Waals surface area contributed by atoms with Gasteiger partial charge in [0.05, 0.1) is 12.2 Å². The first-order valence-corrected chi connectivity index (χ1v) is 7.05. The Labute approximate surface area is 136 Å². The molecular formula is C15H14ClF2N3O2. The molecule has 1 aromatic rings. The Morgan fingerprint density at radius 3 is 2.70 bits per heavy atom. The fourth-order valence-electron chi connectivity index (χ4n) is 2.21. The largest absolute Gasteiger partial charge is 0.486 e. The standard InChI is InChI=1S/C15H14ClF2N3O2/c1-8(17)13(20-15(16)19-3)10-6-11(18)14-12(7-10)21(9(2)22)4-5-23-14/h6-7H,3-5H2,1-2H3/b13-8+,20-15?. The lowest BCUT2D eigenvalue weighted by atomic mass is 10.1. The number of amides is 1. The van der Waals surface area contributed by atoms with E-state index in [9.17, 15) is 13.6 Å². The van der Waals surface area contributed by atoms with Gasteiger partial charge in [0.1, 0.15) is 18.1 Å². The maximum atomic E-state index is 14.3. The van der Waals surface area contributed by atoms with E-state index < -0.39 is 11.6 Å². The molecule has 0 N–H and O–H groups in total. The zero-order chi connectivity index (χ0) is 17.1. The van der Waals surface area contributed by atoms with Crippen molar-refractivity contribution in [2.75, 3.05) is 18.1 Å². The predicted molar refractivity (Wildman–Crippen MR) is 86.5 cm³/mol. The summed E-state index contributed by atoms with van der Waals surface area (Å²) >= 11 is 5.65. The van der Waals surface area contributed by atoms with Gasteiger partial charge in [-0.15, -0.1) is 0 Å². The highest BCUT2D eigenvalue weighted by molar-refractivity contribution is 6.65. The zero-order valence-corrected chi connectivity index (χ0v) is 13.3. The average Bonchev–Trinajstić information content (AvgIpc) is 2.51. The molecule has 0 fully saturated rings. The number of hydrogen-bond acceptors (Lipinski definition) is 3. The highest BCUT2D eigenvalue weighted by Crippen LogP contribution is 2.38. The SMILES string of the molecule is C=NC(Cl)=N/C(=C(\C)F)c1cc(F)c2c(c1)N(C(C)=O)CCO2. The molecule has 1 aromatic carbocycles. The molecule has 23 heavy (non-hydrogen) atoms. The van der Waals surface area contributed by atoms with Gasteiger partial charge in [-0.1, -0.05) is 0 Å². The smallest absolute Gasteiger partial charge is 0.224 e. The van der Waals surface area contributed by atoms with Gasteiger partial charge in [0.2, 0.25) is 11.2 Å². The quantitative estimate of drug-likeness (QED) is 0.469. The maximum absolute atomic E-state index is 14.3. The van der Waals surface area contributed by atoms with Crippen LogP contribution in [0.2, 0.25) is 0 Å². The molecule has 122 valence electrons. The Hall–Kier alpha value is -2.28. The molecule has 1 amide bonds. The minimum atomic E-state index is -0.722. The van der Waals surface area contributed by atoms with Crippen LogP contribution in [-0.4, -0.2) is 31.1 Å². The summed E-state index contributed by atoms with van der Waals surface area (Å²) in [6, 6.07) is 2.49. The Kier molecular flexibility index (Phi) is 5.10. The van der Waals surface area contributed by atoms with Gasteiger partial charge in [-0.2, -0.15) is 0 Å². The minimum Gasteiger partial charge on any atom is -0.486 e. The summed E-state index contributed by atoms with van der Waals surface area (Å²) in [4.78, 5) is 20.2. The van der Waals surface area contributed by atoms with Crippen LogP contribution < -0.4 is 9.64 Å². The second kappa shape index (κ2) is 6.87. The van der Waals surface area contributed by atoms with Crippen molar-refractivity contribution in [3.63, 3.8) is 0 Å². The van der Waals surface area contributed by atoms with Gasteiger partial charge in [-0.3, -0.25) is 4.79 Å². The zero-order valence-electron chi connectivity index (χ0n) is 12.6. The summed E-state index contributed by atoms with van der Waals surface area (Å²) in [7, 11) is 0. The number of amidine groups is 1. The lowest BCUT2D eigenvalue weighted by Crippen LogP contribution is -2.36. The molecule has 0 bridgehead atoms. The Morgan fingerprint density at radius 1 is 1.43 bits per heavy atom. The molecule has 0 spiro atoms. The van der Waals surface area contributed by atoms with E-state index >= 15 is 0 Å². The summed E-state index contributed by atoms with van der Waals surface area (Å²) in [5.74, 6) is -1.73. The number of benzene rings is 1. The second-order valence-corrected chi connectivity index (χ2v) is 5.08. The van der Waals surface area contributed by atoms with Crippen molar-refractivity contribution < 1.29 is 18.3 Å². The highest BCUT2D eigenvalue weighted by Gasteiger charge is 2.26. The number of aliphatic imine (C=N–C) groups is 2. The van der Waals surface area contributed by atoms with E-state index in [0.29, 0.717) is 0 Å². The maximum Gasteiger partial charge on any atom is 0.224 e. The molecule has 0 radical (unpaired) electrons. The number of carbonyl (C=O) groups excluding carboxylic acids is 1. The molecule has 1 heterocycles. The van der Waals surface area contributed by atoms with Gasteiger partial charge in [-0.05, 0) is 37.4 Å². The number of ether oxygens (including phenoxy) is 1. The molecule has 0 aliphatic carbocycles. The molecule has 0 saturated carbocycles. The number of halogens is 3. The van der Waals surface area contributed by atoms with Crippen LogP contribution in [0.1, 0.15) is 19.4 Å². The van der Waals surface area contributed by atoms with Crippen molar-refractivity contribution in [3.05, 3.63) is 29.3 Å². The number of rotatable bonds is 2. The molecule has 1 aliphatic heterocycles. The Morgan fingerprint density at radius 2 is 2.13 bits per heavy atom. The minimum absolute atomic E-state index is 0.0528. The number of hydrogen-bond donors (Lipinski definition) is 0. The Balaban J connectivity index is 2.64. The molecule has 2 rings (SSSR count).